The normalized spacial score (nSPS) is 11.2. The molecule has 3 rings (SSSR count). The molecule has 156 valence electrons. The number of hydrogen-bond donors (Lipinski definition) is 3. The molecular weight excluding hydrogens is 427 g/mol. The Kier molecular flexibility index (Phi) is 6.64. The average Bonchev–Trinajstić information content (AvgIpc) is 2.70. The van der Waals surface area contributed by atoms with Crippen molar-refractivity contribution in [2.45, 2.75) is 13.8 Å². The molecule has 7 nitrogen and oxygen atoms in total. The van der Waals surface area contributed by atoms with Gasteiger partial charge in [-0.15, -0.1) is 0 Å². The standard InChI is InChI=1S/C21H20Cl2N4O3/c1-3-27(4-2)15-6-5-12(18(28)10-15)11-25-26-21(29)16-8-13-7-14(22)9-17(23)19(13)30-20(16)24/h5-11,24,28H,3-4H2,1-2H3,(H,26,29)/b24-20?,25-11-. The highest BCUT2D eigenvalue weighted by Gasteiger charge is 2.13. The van der Waals surface area contributed by atoms with Crippen LogP contribution >= 0.6 is 23.2 Å². The number of carbonyl (C=O) groups is 1. The van der Waals surface area contributed by atoms with Crippen LogP contribution in [0.1, 0.15) is 29.8 Å². The molecule has 0 radical (unpaired) electrons. The van der Waals surface area contributed by atoms with Gasteiger partial charge in [0.1, 0.15) is 11.3 Å². The summed E-state index contributed by atoms with van der Waals surface area (Å²) in [5.41, 5.74) is 3.56. The van der Waals surface area contributed by atoms with E-state index in [2.05, 4.69) is 15.4 Å². The van der Waals surface area contributed by atoms with Crippen molar-refractivity contribution >= 4 is 52.0 Å². The predicted molar refractivity (Wildman–Crippen MR) is 119 cm³/mol. The number of hydrazone groups is 1. The smallest absolute Gasteiger partial charge is 0.276 e. The summed E-state index contributed by atoms with van der Waals surface area (Å²) in [7, 11) is 0. The zero-order valence-electron chi connectivity index (χ0n) is 16.4. The van der Waals surface area contributed by atoms with Crippen LogP contribution in [0.15, 0.2) is 45.9 Å². The van der Waals surface area contributed by atoms with E-state index in [0.717, 1.165) is 18.8 Å². The van der Waals surface area contributed by atoms with Crippen molar-refractivity contribution in [2.24, 2.45) is 5.10 Å². The first-order valence-electron chi connectivity index (χ1n) is 9.22. The number of aromatic hydroxyl groups is 1. The molecule has 1 aromatic heterocycles. The van der Waals surface area contributed by atoms with Gasteiger partial charge in [-0.05, 0) is 44.2 Å². The number of carbonyl (C=O) groups excluding carboxylic acids is 1. The number of nitrogens with one attached hydrogen (secondary N) is 2. The number of anilines is 1. The summed E-state index contributed by atoms with van der Waals surface area (Å²) in [6.07, 6.45) is 1.33. The van der Waals surface area contributed by atoms with Gasteiger partial charge in [-0.3, -0.25) is 10.2 Å². The Morgan fingerprint density at radius 1 is 1.23 bits per heavy atom. The maximum atomic E-state index is 12.4. The molecule has 3 aromatic rings. The quantitative estimate of drug-likeness (QED) is 0.382. The van der Waals surface area contributed by atoms with E-state index in [4.69, 9.17) is 33.0 Å². The molecule has 0 atom stereocenters. The highest BCUT2D eigenvalue weighted by atomic mass is 35.5. The van der Waals surface area contributed by atoms with Crippen LogP contribution in [0, 0.1) is 5.41 Å². The van der Waals surface area contributed by atoms with Gasteiger partial charge >= 0.3 is 0 Å². The largest absolute Gasteiger partial charge is 0.507 e. The van der Waals surface area contributed by atoms with E-state index >= 15 is 0 Å². The van der Waals surface area contributed by atoms with Crippen molar-refractivity contribution in [1.82, 2.24) is 5.43 Å². The molecule has 0 spiro atoms. The lowest BCUT2D eigenvalue weighted by atomic mass is 10.1. The number of fused-ring (bicyclic) bond motifs is 1. The Balaban J connectivity index is 1.79. The van der Waals surface area contributed by atoms with Crippen LogP contribution in [0.2, 0.25) is 10.0 Å². The second-order valence-corrected chi connectivity index (χ2v) is 7.25. The van der Waals surface area contributed by atoms with Gasteiger partial charge in [0.25, 0.3) is 5.91 Å². The zero-order valence-corrected chi connectivity index (χ0v) is 17.9. The van der Waals surface area contributed by atoms with Gasteiger partial charge in [0.15, 0.2) is 5.58 Å². The van der Waals surface area contributed by atoms with Crippen molar-refractivity contribution in [1.29, 1.82) is 5.41 Å². The molecule has 0 aliphatic carbocycles. The first-order chi connectivity index (χ1) is 14.3. The van der Waals surface area contributed by atoms with Crippen LogP contribution in [0.3, 0.4) is 0 Å². The topological polar surface area (TPSA) is 102 Å². The Morgan fingerprint density at radius 2 is 1.97 bits per heavy atom. The van der Waals surface area contributed by atoms with E-state index in [-0.39, 0.29) is 27.5 Å². The molecule has 0 saturated carbocycles. The summed E-state index contributed by atoms with van der Waals surface area (Å²) in [4.78, 5) is 14.5. The maximum absolute atomic E-state index is 12.4. The summed E-state index contributed by atoms with van der Waals surface area (Å²) in [6, 6.07) is 9.77. The molecule has 3 N–H and O–H groups in total. The fourth-order valence-corrected chi connectivity index (χ4v) is 3.54. The van der Waals surface area contributed by atoms with E-state index < -0.39 is 5.91 Å². The second-order valence-electron chi connectivity index (χ2n) is 6.41. The van der Waals surface area contributed by atoms with Gasteiger partial charge in [0.05, 0.1) is 11.2 Å². The Hall–Kier alpha value is -3.03. The van der Waals surface area contributed by atoms with Gasteiger partial charge in [0, 0.05) is 40.8 Å². The maximum Gasteiger partial charge on any atom is 0.276 e. The number of rotatable bonds is 6. The Labute approximate surface area is 183 Å². The number of hydrogen-bond acceptors (Lipinski definition) is 6. The summed E-state index contributed by atoms with van der Waals surface area (Å²) >= 11 is 12.1. The summed E-state index contributed by atoms with van der Waals surface area (Å²) in [5.74, 6) is -0.596. The molecule has 9 heteroatoms. The molecule has 1 heterocycles. The van der Waals surface area contributed by atoms with Gasteiger partial charge < -0.3 is 14.4 Å². The van der Waals surface area contributed by atoms with E-state index in [1.54, 1.807) is 18.2 Å². The Bertz CT molecular complexity index is 1190. The first-order valence-corrected chi connectivity index (χ1v) is 9.98. The SMILES string of the molecule is CCN(CC)c1ccc(/C=N\NC(=O)c2cc3cc(Cl)cc(Cl)c3oc2=N)c(O)c1. The van der Waals surface area contributed by atoms with E-state index in [1.807, 2.05) is 19.9 Å². The fourth-order valence-electron chi connectivity index (χ4n) is 2.99. The molecule has 30 heavy (non-hydrogen) atoms. The molecule has 2 aromatic carbocycles. The third-order valence-electron chi connectivity index (χ3n) is 4.54. The molecule has 0 fully saturated rings. The van der Waals surface area contributed by atoms with Crippen LogP contribution in [0.25, 0.3) is 11.0 Å². The minimum Gasteiger partial charge on any atom is -0.507 e. The predicted octanol–water partition coefficient (Wildman–Crippen LogP) is 4.53. The highest BCUT2D eigenvalue weighted by Crippen LogP contribution is 2.27. The van der Waals surface area contributed by atoms with Crippen molar-refractivity contribution in [3.63, 3.8) is 0 Å². The molecule has 0 aliphatic rings. The average molecular weight is 447 g/mol. The molecule has 0 unspecified atom stereocenters. The van der Waals surface area contributed by atoms with Crippen molar-refractivity contribution in [3.8, 4) is 5.75 Å². The highest BCUT2D eigenvalue weighted by molar-refractivity contribution is 6.38. The number of nitrogens with zero attached hydrogens (tertiary/aromatic N) is 2. The molecule has 0 bridgehead atoms. The van der Waals surface area contributed by atoms with Gasteiger partial charge in [0.2, 0.25) is 5.55 Å². The van der Waals surface area contributed by atoms with E-state index in [1.165, 1.54) is 18.3 Å². The number of halogens is 2. The minimum atomic E-state index is -0.641. The molecular formula is C21H20Cl2N4O3. The lowest BCUT2D eigenvalue weighted by Crippen LogP contribution is -2.24. The van der Waals surface area contributed by atoms with Crippen LogP contribution in [0.4, 0.5) is 5.69 Å². The van der Waals surface area contributed by atoms with Crippen LogP contribution < -0.4 is 15.9 Å². The Morgan fingerprint density at radius 3 is 2.63 bits per heavy atom. The van der Waals surface area contributed by atoms with Crippen LogP contribution in [-0.2, 0) is 0 Å². The number of phenols is 1. The summed E-state index contributed by atoms with van der Waals surface area (Å²) in [6.45, 7) is 5.71. The molecule has 0 saturated heterocycles. The fraction of sp³-hybridized carbons (Fsp3) is 0.190. The van der Waals surface area contributed by atoms with Crippen molar-refractivity contribution < 1.29 is 14.3 Å². The van der Waals surface area contributed by atoms with Crippen LogP contribution in [0.5, 0.6) is 5.75 Å². The van der Waals surface area contributed by atoms with E-state index in [9.17, 15) is 9.90 Å². The molecule has 0 aliphatic heterocycles. The third kappa shape index (κ3) is 4.58. The summed E-state index contributed by atoms with van der Waals surface area (Å²) < 4.78 is 5.36. The lowest BCUT2D eigenvalue weighted by Gasteiger charge is -2.21. The zero-order chi connectivity index (χ0) is 21.8. The third-order valence-corrected chi connectivity index (χ3v) is 5.04. The van der Waals surface area contributed by atoms with Crippen LogP contribution in [-0.4, -0.2) is 30.3 Å². The number of benzene rings is 2. The van der Waals surface area contributed by atoms with Gasteiger partial charge in [-0.2, -0.15) is 5.10 Å². The number of amides is 1. The van der Waals surface area contributed by atoms with Gasteiger partial charge in [-0.1, -0.05) is 23.2 Å². The van der Waals surface area contributed by atoms with E-state index in [0.29, 0.717) is 16.0 Å². The monoisotopic (exact) mass is 446 g/mol. The van der Waals surface area contributed by atoms with Gasteiger partial charge in [-0.25, -0.2) is 5.43 Å². The summed E-state index contributed by atoms with van der Waals surface area (Å²) in [5, 5.41) is 23.2. The minimum absolute atomic E-state index is 0.0286. The molecule has 1 amide bonds. The van der Waals surface area contributed by atoms with Crippen molar-refractivity contribution in [3.05, 3.63) is 63.1 Å². The lowest BCUT2D eigenvalue weighted by molar-refractivity contribution is 0.0951. The number of phenolic OH excluding ortho intramolecular Hbond substituents is 1. The van der Waals surface area contributed by atoms with Crippen molar-refractivity contribution in [2.75, 3.05) is 18.0 Å². The second kappa shape index (κ2) is 9.19. The first kappa shape index (κ1) is 21.7.